The normalized spacial score (nSPS) is 13.3. The van der Waals surface area contributed by atoms with Crippen LogP contribution in [0, 0.1) is 0 Å². The Labute approximate surface area is 106 Å². The molecule has 6 nitrogen and oxygen atoms in total. The quantitative estimate of drug-likeness (QED) is 0.635. The number of nitrogens with zero attached hydrogens (tertiary/aromatic N) is 1. The Kier molecular flexibility index (Phi) is 4.31. The predicted molar refractivity (Wildman–Crippen MR) is 67.3 cm³/mol. The molecule has 0 radical (unpaired) electrons. The molecule has 0 spiro atoms. The lowest BCUT2D eigenvalue weighted by Gasteiger charge is -2.22. The van der Waals surface area contributed by atoms with Gasteiger partial charge in [-0.1, -0.05) is 12.1 Å². The van der Waals surface area contributed by atoms with Gasteiger partial charge in [-0.25, -0.2) is 8.42 Å². The van der Waals surface area contributed by atoms with Gasteiger partial charge in [-0.3, -0.25) is 4.79 Å². The minimum absolute atomic E-state index is 0.0248. The summed E-state index contributed by atoms with van der Waals surface area (Å²) in [7, 11) is -1.30. The van der Waals surface area contributed by atoms with Gasteiger partial charge >= 0.3 is 5.97 Å². The molecule has 0 bridgehead atoms. The number of carbonyl (C=O) groups is 1. The van der Waals surface area contributed by atoms with Crippen molar-refractivity contribution in [3.05, 3.63) is 24.3 Å². The van der Waals surface area contributed by atoms with Crippen LogP contribution in [-0.2, 0) is 19.6 Å². The summed E-state index contributed by atoms with van der Waals surface area (Å²) in [6.45, 7) is 1.45. The highest BCUT2D eigenvalue weighted by Crippen LogP contribution is 2.22. The number of likely N-dealkylation sites (N-methyl/N-ethyl adjacent to an activating group) is 1. The number of anilines is 1. The Morgan fingerprint density at radius 2 is 1.94 bits per heavy atom. The number of benzene rings is 1. The highest BCUT2D eigenvalue weighted by molar-refractivity contribution is 7.89. The predicted octanol–water partition coefficient (Wildman–Crippen LogP) is 0.451. The molecule has 18 heavy (non-hydrogen) atoms. The van der Waals surface area contributed by atoms with Gasteiger partial charge in [-0.15, -0.1) is 0 Å². The molecule has 0 aromatic heterocycles. The van der Waals surface area contributed by atoms with Crippen molar-refractivity contribution >= 4 is 21.7 Å². The summed E-state index contributed by atoms with van der Waals surface area (Å²) in [4.78, 5) is 11.3. The van der Waals surface area contributed by atoms with Gasteiger partial charge in [0.2, 0.25) is 10.0 Å². The third kappa shape index (κ3) is 2.62. The molecular weight excluding hydrogens is 256 g/mol. The number of methoxy groups -OCH3 is 1. The lowest BCUT2D eigenvalue weighted by molar-refractivity contribution is -0.144. The summed E-state index contributed by atoms with van der Waals surface area (Å²) >= 11 is 0. The molecule has 1 rings (SSSR count). The average Bonchev–Trinajstić information content (AvgIpc) is 2.36. The molecule has 0 aliphatic carbocycles. The molecule has 0 fully saturated rings. The number of sulfonamides is 1. The van der Waals surface area contributed by atoms with Crippen LogP contribution >= 0.6 is 0 Å². The summed E-state index contributed by atoms with van der Waals surface area (Å²) in [5.74, 6) is -0.629. The van der Waals surface area contributed by atoms with E-state index in [1.165, 1.54) is 33.2 Å². The van der Waals surface area contributed by atoms with Gasteiger partial charge in [0.05, 0.1) is 12.8 Å². The van der Waals surface area contributed by atoms with Gasteiger partial charge in [0.25, 0.3) is 0 Å². The maximum atomic E-state index is 12.3. The molecule has 1 aromatic rings. The van der Waals surface area contributed by atoms with Gasteiger partial charge in [-0.2, -0.15) is 4.31 Å². The Morgan fingerprint density at radius 3 is 2.44 bits per heavy atom. The summed E-state index contributed by atoms with van der Waals surface area (Å²) in [6.07, 6.45) is 0. The lowest BCUT2D eigenvalue weighted by Crippen LogP contribution is -2.41. The van der Waals surface area contributed by atoms with Crippen molar-refractivity contribution in [3.63, 3.8) is 0 Å². The van der Waals surface area contributed by atoms with Crippen LogP contribution in [0.25, 0.3) is 0 Å². The van der Waals surface area contributed by atoms with Crippen LogP contribution in [0.1, 0.15) is 6.92 Å². The summed E-state index contributed by atoms with van der Waals surface area (Å²) in [5.41, 5.74) is 5.77. The molecule has 0 aliphatic rings. The van der Waals surface area contributed by atoms with Gasteiger partial charge in [0, 0.05) is 7.05 Å². The molecular formula is C11H16N2O4S. The van der Waals surface area contributed by atoms with Crippen molar-refractivity contribution in [1.29, 1.82) is 0 Å². The van der Waals surface area contributed by atoms with E-state index in [0.717, 1.165) is 4.31 Å². The highest BCUT2D eigenvalue weighted by atomic mass is 32.2. The van der Waals surface area contributed by atoms with Gasteiger partial charge < -0.3 is 10.5 Å². The third-order valence-electron chi connectivity index (χ3n) is 2.66. The number of hydrogen-bond donors (Lipinski definition) is 1. The second kappa shape index (κ2) is 5.36. The van der Waals surface area contributed by atoms with E-state index in [-0.39, 0.29) is 10.6 Å². The molecule has 0 saturated heterocycles. The van der Waals surface area contributed by atoms with E-state index in [1.54, 1.807) is 12.1 Å². The minimum Gasteiger partial charge on any atom is -0.468 e. The summed E-state index contributed by atoms with van der Waals surface area (Å²) < 4.78 is 30.0. The van der Waals surface area contributed by atoms with Crippen molar-refractivity contribution in [3.8, 4) is 0 Å². The van der Waals surface area contributed by atoms with Gasteiger partial charge in [0.15, 0.2) is 0 Å². The van der Waals surface area contributed by atoms with E-state index in [4.69, 9.17) is 5.73 Å². The first-order chi connectivity index (χ1) is 8.32. The first-order valence-electron chi connectivity index (χ1n) is 5.22. The number of para-hydroxylation sites is 1. The fourth-order valence-corrected chi connectivity index (χ4v) is 2.83. The smallest absolute Gasteiger partial charge is 0.323 e. The maximum absolute atomic E-state index is 12.3. The molecule has 1 unspecified atom stereocenters. The van der Waals surface area contributed by atoms with Crippen LogP contribution < -0.4 is 5.73 Å². The number of esters is 1. The number of ether oxygens (including phenoxy) is 1. The maximum Gasteiger partial charge on any atom is 0.323 e. The number of nitrogens with two attached hydrogens (primary N) is 1. The average molecular weight is 272 g/mol. The molecule has 2 N–H and O–H groups in total. The molecule has 0 heterocycles. The second-order valence-electron chi connectivity index (χ2n) is 3.76. The fraction of sp³-hybridized carbons (Fsp3) is 0.364. The highest BCUT2D eigenvalue weighted by Gasteiger charge is 2.31. The molecule has 0 amide bonds. The number of rotatable bonds is 4. The van der Waals surface area contributed by atoms with Crippen molar-refractivity contribution in [2.45, 2.75) is 17.9 Å². The van der Waals surface area contributed by atoms with Gasteiger partial charge in [0.1, 0.15) is 10.9 Å². The molecule has 1 atom stereocenters. The van der Waals surface area contributed by atoms with Crippen molar-refractivity contribution < 1.29 is 17.9 Å². The van der Waals surface area contributed by atoms with Crippen LogP contribution in [0.4, 0.5) is 5.69 Å². The molecule has 7 heteroatoms. The van der Waals surface area contributed by atoms with E-state index >= 15 is 0 Å². The van der Waals surface area contributed by atoms with Crippen LogP contribution in [0.3, 0.4) is 0 Å². The van der Waals surface area contributed by atoms with E-state index < -0.39 is 22.0 Å². The monoisotopic (exact) mass is 272 g/mol. The zero-order valence-electron chi connectivity index (χ0n) is 10.5. The SMILES string of the molecule is COC(=O)C(C)N(C)S(=O)(=O)c1ccccc1N. The van der Waals surface area contributed by atoms with Crippen molar-refractivity contribution in [2.24, 2.45) is 0 Å². The van der Waals surface area contributed by atoms with Crippen LogP contribution in [0.5, 0.6) is 0 Å². The first-order valence-corrected chi connectivity index (χ1v) is 6.66. The molecule has 100 valence electrons. The van der Waals surface area contributed by atoms with E-state index in [0.29, 0.717) is 0 Å². The second-order valence-corrected chi connectivity index (χ2v) is 5.72. The number of hydrogen-bond acceptors (Lipinski definition) is 5. The number of nitrogen functional groups attached to an aromatic ring is 1. The summed E-state index contributed by atoms with van der Waals surface area (Å²) in [5, 5.41) is 0. The van der Waals surface area contributed by atoms with Crippen LogP contribution in [-0.4, -0.2) is 38.9 Å². The Bertz CT molecular complexity index is 542. The first kappa shape index (κ1) is 14.5. The zero-order valence-corrected chi connectivity index (χ0v) is 11.3. The van der Waals surface area contributed by atoms with Crippen molar-refractivity contribution in [1.82, 2.24) is 4.31 Å². The summed E-state index contributed by atoms with van der Waals surface area (Å²) in [6, 6.07) is 5.17. The minimum atomic E-state index is -3.82. The number of carbonyl (C=O) groups excluding carboxylic acids is 1. The van der Waals surface area contributed by atoms with Crippen LogP contribution in [0.2, 0.25) is 0 Å². The standard InChI is InChI=1S/C11H16N2O4S/c1-8(11(14)17-3)13(2)18(15,16)10-7-5-4-6-9(10)12/h4-8H,12H2,1-3H3. The zero-order chi connectivity index (χ0) is 13.9. The topological polar surface area (TPSA) is 89.7 Å². The Morgan fingerprint density at radius 1 is 1.39 bits per heavy atom. The third-order valence-corrected chi connectivity index (χ3v) is 4.67. The molecule has 0 aliphatic heterocycles. The van der Waals surface area contributed by atoms with E-state index in [2.05, 4.69) is 4.74 Å². The fourth-order valence-electron chi connectivity index (χ4n) is 1.40. The molecule has 1 aromatic carbocycles. The van der Waals surface area contributed by atoms with E-state index in [9.17, 15) is 13.2 Å². The lowest BCUT2D eigenvalue weighted by atomic mass is 10.3. The van der Waals surface area contributed by atoms with E-state index in [1.807, 2.05) is 0 Å². The van der Waals surface area contributed by atoms with Gasteiger partial charge in [-0.05, 0) is 19.1 Å². The van der Waals surface area contributed by atoms with Crippen LogP contribution in [0.15, 0.2) is 29.2 Å². The molecule has 0 saturated carbocycles. The largest absolute Gasteiger partial charge is 0.468 e. The Hall–Kier alpha value is -1.60. The Balaban J connectivity index is 3.16. The van der Waals surface area contributed by atoms with Crippen molar-refractivity contribution in [2.75, 3.05) is 19.9 Å².